The Labute approximate surface area is 369 Å². The van der Waals surface area contributed by atoms with Crippen LogP contribution in [0.5, 0.6) is 5.75 Å². The third-order valence-electron chi connectivity index (χ3n) is 11.6. The molecule has 0 spiro atoms. The zero-order valence-electron chi connectivity index (χ0n) is 36.9. The number of carboxylic acid groups (broad SMARTS) is 1. The van der Waals surface area contributed by atoms with Crippen LogP contribution in [0.25, 0.3) is 0 Å². The Balaban J connectivity index is 2.07. The molecule has 8 N–H and O–H groups in total. The van der Waals surface area contributed by atoms with Gasteiger partial charge < -0.3 is 47.0 Å². The summed E-state index contributed by atoms with van der Waals surface area (Å²) in [6, 6.07) is 8.39. The molecule has 0 aliphatic carbocycles. The molecule has 1 heterocycles. The van der Waals surface area contributed by atoms with Crippen molar-refractivity contribution in [2.45, 2.75) is 128 Å². The lowest BCUT2D eigenvalue weighted by molar-refractivity contribution is -0.143. The number of nitrogens with one attached hydrogen (secondary N) is 6. The van der Waals surface area contributed by atoms with Gasteiger partial charge in [0.1, 0.15) is 42.0 Å². The van der Waals surface area contributed by atoms with E-state index in [1.807, 2.05) is 43.5 Å². The lowest BCUT2D eigenvalue weighted by Crippen LogP contribution is -2.61. The molecule has 0 aromatic heterocycles. The summed E-state index contributed by atoms with van der Waals surface area (Å²) in [5.74, 6) is -4.23. The number of aliphatic carboxylic acids is 1. The van der Waals surface area contributed by atoms with Crippen LogP contribution in [0, 0.1) is 11.8 Å². The Morgan fingerprint density at radius 2 is 1.45 bits per heavy atom. The quantitative estimate of drug-likeness (QED) is 0.122. The van der Waals surface area contributed by atoms with Gasteiger partial charge in [-0.15, -0.1) is 0 Å². The molecule has 7 amide bonds. The average molecular weight is 882 g/mol. The number of aryl methyl sites for hydroxylation is 2. The van der Waals surface area contributed by atoms with E-state index in [1.54, 1.807) is 32.9 Å². The van der Waals surface area contributed by atoms with Gasteiger partial charge in [0, 0.05) is 13.6 Å². The number of aromatic hydroxyl groups is 1. The van der Waals surface area contributed by atoms with E-state index in [0.29, 0.717) is 50.7 Å². The molecule has 0 bridgehead atoms. The molecule has 8 atom stereocenters. The van der Waals surface area contributed by atoms with Crippen LogP contribution in [0.15, 0.2) is 54.6 Å². The molecule has 342 valence electrons. The lowest BCUT2D eigenvalue weighted by Gasteiger charge is -2.33. The molecule has 1 saturated heterocycles. The minimum atomic E-state index is -1.22. The molecule has 2 aromatic rings. The van der Waals surface area contributed by atoms with E-state index < -0.39 is 89.6 Å². The Morgan fingerprint density at radius 1 is 0.806 bits per heavy atom. The summed E-state index contributed by atoms with van der Waals surface area (Å²) in [6.07, 6.45) is 5.00. The highest BCUT2D eigenvalue weighted by molar-refractivity contribution is 7.98. The van der Waals surface area contributed by atoms with E-state index in [-0.39, 0.29) is 31.6 Å². The zero-order valence-corrected chi connectivity index (χ0v) is 37.7. The topological polar surface area (TPSA) is 235 Å². The number of carbonyl (C=O) groups excluding carboxylic acids is 6. The van der Waals surface area contributed by atoms with E-state index in [0.717, 1.165) is 11.1 Å². The van der Waals surface area contributed by atoms with Crippen LogP contribution in [0.4, 0.5) is 4.79 Å². The second kappa shape index (κ2) is 26.2. The van der Waals surface area contributed by atoms with Crippen LogP contribution in [0.3, 0.4) is 0 Å². The third kappa shape index (κ3) is 16.2. The number of likely N-dealkylation sites (N-methyl/N-ethyl adjacent to an activating group) is 1. The molecule has 0 saturated carbocycles. The molecule has 8 unspecified atom stereocenters. The number of carbonyl (C=O) groups is 7. The van der Waals surface area contributed by atoms with Crippen LogP contribution in [-0.4, -0.2) is 119 Å². The maximum absolute atomic E-state index is 14.7. The third-order valence-corrected chi connectivity index (χ3v) is 12.2. The SMILES string of the molecule is CCC(C)C(NC(=O)NC1CCCCNC(=O)C(CCSC)NC(=O)C(CCc2ccc(O)cc2)N(C)C(=O)C(CCc2ccccc2)NC(=O)C(C(C)CC)NC1=O)C(=O)O. The highest BCUT2D eigenvalue weighted by Gasteiger charge is 2.37. The monoisotopic (exact) mass is 881 g/mol. The number of hydrogen-bond acceptors (Lipinski definition) is 9. The molecule has 17 heteroatoms. The first kappa shape index (κ1) is 51.0. The normalized spacial score (nSPS) is 22.6. The van der Waals surface area contributed by atoms with Crippen LogP contribution in [-0.2, 0) is 41.6 Å². The number of carboxylic acids is 1. The first-order chi connectivity index (χ1) is 29.6. The van der Waals surface area contributed by atoms with Gasteiger partial charge in [0.2, 0.25) is 29.5 Å². The van der Waals surface area contributed by atoms with Crippen molar-refractivity contribution in [3.63, 3.8) is 0 Å². The summed E-state index contributed by atoms with van der Waals surface area (Å²) in [5.41, 5.74) is 1.72. The van der Waals surface area contributed by atoms with Crippen LogP contribution >= 0.6 is 11.8 Å². The predicted molar refractivity (Wildman–Crippen MR) is 239 cm³/mol. The summed E-state index contributed by atoms with van der Waals surface area (Å²) < 4.78 is 0. The van der Waals surface area contributed by atoms with Crippen LogP contribution in [0.2, 0.25) is 0 Å². The van der Waals surface area contributed by atoms with Crippen molar-refractivity contribution in [3.8, 4) is 5.75 Å². The van der Waals surface area contributed by atoms with Gasteiger partial charge in [0.25, 0.3) is 0 Å². The Bertz CT molecular complexity index is 1780. The minimum Gasteiger partial charge on any atom is -0.508 e. The zero-order chi connectivity index (χ0) is 45.8. The minimum absolute atomic E-state index is 0.0838. The van der Waals surface area contributed by atoms with Crippen molar-refractivity contribution >= 4 is 53.3 Å². The highest BCUT2D eigenvalue weighted by Crippen LogP contribution is 2.18. The number of urea groups is 1. The molecular formula is C45H67N7O9S. The Kier molecular flexibility index (Phi) is 21.6. The van der Waals surface area contributed by atoms with E-state index in [9.17, 15) is 43.8 Å². The number of amides is 7. The van der Waals surface area contributed by atoms with Gasteiger partial charge in [0.05, 0.1) is 0 Å². The number of nitrogens with zero attached hydrogens (tertiary/aromatic N) is 1. The van der Waals surface area contributed by atoms with Crippen LogP contribution in [0.1, 0.15) is 90.2 Å². The maximum atomic E-state index is 14.7. The second-order valence-electron chi connectivity index (χ2n) is 16.1. The molecule has 1 aliphatic rings. The molecule has 0 radical (unpaired) electrons. The van der Waals surface area contributed by atoms with Gasteiger partial charge in [-0.2, -0.15) is 11.8 Å². The smallest absolute Gasteiger partial charge is 0.326 e. The maximum Gasteiger partial charge on any atom is 0.326 e. The Hall–Kier alpha value is -5.32. The van der Waals surface area contributed by atoms with Gasteiger partial charge >= 0.3 is 12.0 Å². The Morgan fingerprint density at radius 3 is 2.08 bits per heavy atom. The summed E-state index contributed by atoms with van der Waals surface area (Å²) >= 11 is 1.51. The molecule has 1 aliphatic heterocycles. The number of phenolic OH excluding ortho intramolecular Hbond substituents is 1. The van der Waals surface area contributed by atoms with Crippen molar-refractivity contribution < 1.29 is 43.8 Å². The van der Waals surface area contributed by atoms with Crippen molar-refractivity contribution in [1.82, 2.24) is 36.8 Å². The number of benzene rings is 2. The van der Waals surface area contributed by atoms with Gasteiger partial charge in [-0.05, 0) is 98.5 Å². The first-order valence-electron chi connectivity index (χ1n) is 21.7. The molecule has 16 nitrogen and oxygen atoms in total. The molecule has 62 heavy (non-hydrogen) atoms. The highest BCUT2D eigenvalue weighted by atomic mass is 32.2. The van der Waals surface area contributed by atoms with Crippen molar-refractivity contribution in [1.29, 1.82) is 0 Å². The van der Waals surface area contributed by atoms with Gasteiger partial charge in [-0.1, -0.05) is 83.0 Å². The van der Waals surface area contributed by atoms with Crippen LogP contribution < -0.4 is 31.9 Å². The summed E-state index contributed by atoms with van der Waals surface area (Å²) in [5, 5.41) is 36.3. The lowest BCUT2D eigenvalue weighted by atomic mass is 9.96. The van der Waals surface area contributed by atoms with Gasteiger partial charge in [-0.3, -0.25) is 24.0 Å². The second-order valence-corrected chi connectivity index (χ2v) is 17.1. The van der Waals surface area contributed by atoms with Gasteiger partial charge in [-0.25, -0.2) is 9.59 Å². The van der Waals surface area contributed by atoms with Crippen molar-refractivity contribution in [3.05, 3.63) is 65.7 Å². The van der Waals surface area contributed by atoms with Crippen molar-refractivity contribution in [2.24, 2.45) is 11.8 Å². The number of rotatable bonds is 16. The standard InChI is InChI=1S/C45H67N7O9S/c1-7-28(3)37-42(57)48-35(23-19-30-14-10-9-11-15-30)43(58)52(5)36(24-20-31-17-21-32(53)22-18-31)41(56)47-34(25-27-62-6)39(54)46-26-13-12-16-33(40(55)50-37)49-45(61)51-38(44(59)60)29(4)8-2/h9-11,14-15,17-18,21-22,28-29,33-38,53H,7-8,12-13,16,19-20,23-27H2,1-6H3,(H,46,54)(H,47,56)(H,48,57)(H,50,55)(H,59,60)(H2,49,51,61). The van der Waals surface area contributed by atoms with Gasteiger partial charge in [0.15, 0.2) is 0 Å². The summed E-state index contributed by atoms with van der Waals surface area (Å²) in [6.45, 7) is 7.31. The molecule has 3 rings (SSSR count). The fourth-order valence-electron chi connectivity index (χ4n) is 7.17. The average Bonchev–Trinajstić information content (AvgIpc) is 3.26. The van der Waals surface area contributed by atoms with E-state index >= 15 is 0 Å². The predicted octanol–water partition coefficient (Wildman–Crippen LogP) is 3.51. The summed E-state index contributed by atoms with van der Waals surface area (Å²) in [4.78, 5) is 97.7. The van der Waals surface area contributed by atoms with E-state index in [2.05, 4.69) is 31.9 Å². The number of hydrogen-bond donors (Lipinski definition) is 8. The fraction of sp³-hybridized carbons (Fsp3) is 0.578. The largest absolute Gasteiger partial charge is 0.508 e. The fourth-order valence-corrected chi connectivity index (χ4v) is 7.64. The molecule has 1 fully saturated rings. The first-order valence-corrected chi connectivity index (χ1v) is 23.0. The van der Waals surface area contributed by atoms with E-state index in [1.165, 1.54) is 35.8 Å². The summed E-state index contributed by atoms with van der Waals surface area (Å²) in [7, 11) is 1.50. The van der Waals surface area contributed by atoms with Crippen molar-refractivity contribution in [2.75, 3.05) is 25.6 Å². The van der Waals surface area contributed by atoms with E-state index in [4.69, 9.17) is 0 Å². The molecular weight excluding hydrogens is 815 g/mol. The molecule has 2 aromatic carbocycles. The number of thioether (sulfide) groups is 1. The number of phenols is 1.